The first-order chi connectivity index (χ1) is 9.90. The van der Waals surface area contributed by atoms with E-state index in [9.17, 15) is 13.6 Å². The van der Waals surface area contributed by atoms with E-state index in [1.807, 2.05) is 0 Å². The molecule has 110 valence electrons. The molecule has 0 saturated heterocycles. The predicted octanol–water partition coefficient (Wildman–Crippen LogP) is 2.86. The number of carbonyl (C=O) groups is 1. The summed E-state index contributed by atoms with van der Waals surface area (Å²) >= 11 is 0. The van der Waals surface area contributed by atoms with Crippen LogP contribution in [-0.4, -0.2) is 11.4 Å². The van der Waals surface area contributed by atoms with Crippen molar-refractivity contribution in [2.24, 2.45) is 5.73 Å². The van der Waals surface area contributed by atoms with E-state index in [-0.39, 0.29) is 6.42 Å². The maximum absolute atomic E-state index is 13.7. The first kappa shape index (κ1) is 15.0. The summed E-state index contributed by atoms with van der Waals surface area (Å²) in [5.74, 6) is -1.49. The number of anilines is 1. The Morgan fingerprint density at radius 1 is 1.19 bits per heavy atom. The number of hydrogen-bond donors (Lipinski definition) is 2. The Bertz CT molecular complexity index is 660. The molecule has 2 rings (SSSR count). The molecule has 2 aromatic rings. The summed E-state index contributed by atoms with van der Waals surface area (Å²) < 4.78 is 27.0. The average molecular weight is 290 g/mol. The zero-order valence-corrected chi connectivity index (χ0v) is 11.6. The zero-order chi connectivity index (χ0) is 15.5. The van der Waals surface area contributed by atoms with Gasteiger partial charge in [-0.3, -0.25) is 4.79 Å². The van der Waals surface area contributed by atoms with Gasteiger partial charge in [0.25, 0.3) is 0 Å². The van der Waals surface area contributed by atoms with Gasteiger partial charge in [0, 0.05) is 12.1 Å². The van der Waals surface area contributed by atoms with Gasteiger partial charge in [0.15, 0.2) is 0 Å². The van der Waals surface area contributed by atoms with Crippen LogP contribution >= 0.6 is 0 Å². The molecule has 0 aliphatic rings. The summed E-state index contributed by atoms with van der Waals surface area (Å²) in [6.07, 6.45) is 0.0610. The Hall–Kier alpha value is -2.43. The second kappa shape index (κ2) is 5.91. The Morgan fingerprint density at radius 3 is 2.52 bits per heavy atom. The molecular weight excluding hydrogens is 274 g/mol. The molecule has 0 fully saturated rings. The minimum Gasteiger partial charge on any atom is -0.371 e. The summed E-state index contributed by atoms with van der Waals surface area (Å²) in [7, 11) is 0. The van der Waals surface area contributed by atoms with Gasteiger partial charge in [-0.15, -0.1) is 0 Å². The van der Waals surface area contributed by atoms with Crippen molar-refractivity contribution in [1.29, 1.82) is 0 Å². The van der Waals surface area contributed by atoms with E-state index in [4.69, 9.17) is 5.73 Å². The Labute approximate surface area is 121 Å². The largest absolute Gasteiger partial charge is 0.371 e. The van der Waals surface area contributed by atoms with Crippen LogP contribution in [0, 0.1) is 11.6 Å². The Kier molecular flexibility index (Phi) is 4.21. The van der Waals surface area contributed by atoms with Crippen molar-refractivity contribution in [2.45, 2.75) is 18.9 Å². The maximum Gasteiger partial charge on any atom is 0.243 e. The lowest BCUT2D eigenvalue weighted by Crippen LogP contribution is -2.49. The van der Waals surface area contributed by atoms with Gasteiger partial charge in [-0.1, -0.05) is 24.3 Å². The summed E-state index contributed by atoms with van der Waals surface area (Å²) in [6.45, 7) is 1.56. The third kappa shape index (κ3) is 3.56. The van der Waals surface area contributed by atoms with Crippen molar-refractivity contribution >= 4 is 11.6 Å². The highest BCUT2D eigenvalue weighted by atomic mass is 19.1. The molecule has 0 heterocycles. The molecular formula is C16H16F2N2O. The average Bonchev–Trinajstić information content (AvgIpc) is 2.41. The van der Waals surface area contributed by atoms with E-state index in [1.165, 1.54) is 24.3 Å². The van der Waals surface area contributed by atoms with Crippen molar-refractivity contribution in [3.05, 3.63) is 65.7 Å². The molecule has 0 aliphatic carbocycles. The highest BCUT2D eigenvalue weighted by Gasteiger charge is 2.32. The van der Waals surface area contributed by atoms with E-state index in [0.29, 0.717) is 11.3 Å². The fourth-order valence-electron chi connectivity index (χ4n) is 2.10. The molecule has 3 nitrogen and oxygen atoms in total. The quantitative estimate of drug-likeness (QED) is 0.889. The number of primary amides is 1. The fourth-order valence-corrected chi connectivity index (χ4v) is 2.10. The van der Waals surface area contributed by atoms with Crippen LogP contribution in [0.4, 0.5) is 14.5 Å². The van der Waals surface area contributed by atoms with Gasteiger partial charge in [-0.2, -0.15) is 0 Å². The topological polar surface area (TPSA) is 55.1 Å². The Morgan fingerprint density at radius 2 is 1.90 bits per heavy atom. The van der Waals surface area contributed by atoms with Gasteiger partial charge in [-0.25, -0.2) is 8.78 Å². The van der Waals surface area contributed by atoms with Gasteiger partial charge >= 0.3 is 0 Å². The van der Waals surface area contributed by atoms with E-state index in [0.717, 1.165) is 0 Å². The fraction of sp³-hybridized carbons (Fsp3) is 0.188. The van der Waals surface area contributed by atoms with Crippen LogP contribution < -0.4 is 11.1 Å². The normalized spacial score (nSPS) is 13.5. The maximum atomic E-state index is 13.7. The molecule has 0 radical (unpaired) electrons. The molecule has 0 aliphatic heterocycles. The molecule has 1 amide bonds. The highest BCUT2D eigenvalue weighted by Crippen LogP contribution is 2.22. The minimum atomic E-state index is -1.23. The highest BCUT2D eigenvalue weighted by molar-refractivity contribution is 5.87. The smallest absolute Gasteiger partial charge is 0.243 e. The molecule has 1 atom stereocenters. The SMILES string of the molecule is CC(Cc1ccccc1F)(Nc1cccc(F)c1)C(N)=O. The van der Waals surface area contributed by atoms with Gasteiger partial charge in [0.05, 0.1) is 0 Å². The number of carbonyl (C=O) groups excluding carboxylic acids is 1. The second-order valence-corrected chi connectivity index (χ2v) is 5.10. The lowest BCUT2D eigenvalue weighted by Gasteiger charge is -2.29. The van der Waals surface area contributed by atoms with Crippen LogP contribution in [0.15, 0.2) is 48.5 Å². The molecule has 5 heteroatoms. The van der Waals surface area contributed by atoms with E-state index < -0.39 is 23.1 Å². The number of nitrogens with one attached hydrogen (secondary N) is 1. The summed E-state index contributed by atoms with van der Waals surface area (Å²) in [5, 5.41) is 2.89. The van der Waals surface area contributed by atoms with Crippen LogP contribution in [0.3, 0.4) is 0 Å². The zero-order valence-electron chi connectivity index (χ0n) is 11.6. The number of nitrogens with two attached hydrogens (primary N) is 1. The lowest BCUT2D eigenvalue weighted by atomic mass is 9.91. The summed E-state index contributed by atoms with van der Waals surface area (Å²) in [4.78, 5) is 11.8. The summed E-state index contributed by atoms with van der Waals surface area (Å²) in [6, 6.07) is 11.8. The third-order valence-electron chi connectivity index (χ3n) is 3.29. The summed E-state index contributed by atoms with van der Waals surface area (Å²) in [5.41, 5.74) is 4.98. The van der Waals surface area contributed by atoms with Crippen LogP contribution in [0.2, 0.25) is 0 Å². The first-order valence-corrected chi connectivity index (χ1v) is 6.48. The Balaban J connectivity index is 2.29. The van der Waals surface area contributed by atoms with Crippen LogP contribution in [0.5, 0.6) is 0 Å². The van der Waals surface area contributed by atoms with E-state index >= 15 is 0 Å². The second-order valence-electron chi connectivity index (χ2n) is 5.10. The lowest BCUT2D eigenvalue weighted by molar-refractivity contribution is -0.121. The van der Waals surface area contributed by atoms with Crippen LogP contribution in [-0.2, 0) is 11.2 Å². The molecule has 3 N–H and O–H groups in total. The molecule has 1 unspecified atom stereocenters. The number of halogens is 2. The first-order valence-electron chi connectivity index (χ1n) is 6.48. The van der Waals surface area contributed by atoms with Crippen LogP contribution in [0.1, 0.15) is 12.5 Å². The van der Waals surface area contributed by atoms with Gasteiger partial charge in [-0.05, 0) is 36.8 Å². The molecule has 0 saturated carbocycles. The standard InChI is InChI=1S/C16H16F2N2O/c1-16(15(19)21,10-11-5-2-3-8-14(11)18)20-13-7-4-6-12(17)9-13/h2-9,20H,10H2,1H3,(H2,19,21). The van der Waals surface area contributed by atoms with Crippen molar-refractivity contribution in [3.8, 4) is 0 Å². The predicted molar refractivity (Wildman–Crippen MR) is 77.7 cm³/mol. The van der Waals surface area contributed by atoms with Crippen molar-refractivity contribution in [1.82, 2.24) is 0 Å². The van der Waals surface area contributed by atoms with Gasteiger partial charge in [0.2, 0.25) is 5.91 Å². The third-order valence-corrected chi connectivity index (χ3v) is 3.29. The van der Waals surface area contributed by atoms with Gasteiger partial charge in [0.1, 0.15) is 17.2 Å². The van der Waals surface area contributed by atoms with E-state index in [1.54, 1.807) is 31.2 Å². The van der Waals surface area contributed by atoms with Crippen molar-refractivity contribution in [3.63, 3.8) is 0 Å². The molecule has 2 aromatic carbocycles. The van der Waals surface area contributed by atoms with Crippen molar-refractivity contribution in [2.75, 3.05) is 5.32 Å². The number of amides is 1. The monoisotopic (exact) mass is 290 g/mol. The van der Waals surface area contributed by atoms with Crippen molar-refractivity contribution < 1.29 is 13.6 Å². The van der Waals surface area contributed by atoms with E-state index in [2.05, 4.69) is 5.32 Å². The molecule has 0 spiro atoms. The molecule has 21 heavy (non-hydrogen) atoms. The number of benzene rings is 2. The number of hydrogen-bond acceptors (Lipinski definition) is 2. The molecule has 0 bridgehead atoms. The van der Waals surface area contributed by atoms with Gasteiger partial charge < -0.3 is 11.1 Å². The number of rotatable bonds is 5. The molecule has 0 aromatic heterocycles. The van der Waals surface area contributed by atoms with Crippen LogP contribution in [0.25, 0.3) is 0 Å². The minimum absolute atomic E-state index is 0.0610.